The minimum Gasteiger partial charge on any atom is -0.387 e. The summed E-state index contributed by atoms with van der Waals surface area (Å²) in [6.45, 7) is 2.58. The van der Waals surface area contributed by atoms with Gasteiger partial charge in [0.25, 0.3) is 0 Å². The summed E-state index contributed by atoms with van der Waals surface area (Å²) in [6, 6.07) is 4.76. The van der Waals surface area contributed by atoms with E-state index >= 15 is 0 Å². The highest BCUT2D eigenvalue weighted by molar-refractivity contribution is 6.35. The van der Waals surface area contributed by atoms with Gasteiger partial charge in [0.05, 0.1) is 6.10 Å². The Hall–Kier alpha value is -1.30. The Kier molecular flexibility index (Phi) is 8.24. The SMILES string of the molecule is CCCNC(=O)CCC(=O)NCC(O)c1ccc(Cl)cc1Cl. The van der Waals surface area contributed by atoms with Crippen LogP contribution >= 0.6 is 23.2 Å². The lowest BCUT2D eigenvalue weighted by molar-refractivity contribution is -0.126. The second-order valence-corrected chi connectivity index (χ2v) is 5.68. The summed E-state index contributed by atoms with van der Waals surface area (Å²) in [6.07, 6.45) is 0.134. The lowest BCUT2D eigenvalue weighted by atomic mass is 10.1. The maximum absolute atomic E-state index is 11.6. The first-order valence-corrected chi connectivity index (χ1v) is 7.86. The number of rotatable bonds is 8. The molecule has 1 unspecified atom stereocenters. The number of amides is 2. The molecular formula is C15H20Cl2N2O3. The number of nitrogens with one attached hydrogen (secondary N) is 2. The van der Waals surface area contributed by atoms with Gasteiger partial charge in [-0.3, -0.25) is 9.59 Å². The van der Waals surface area contributed by atoms with Crippen molar-refractivity contribution in [2.24, 2.45) is 0 Å². The molecule has 0 fully saturated rings. The van der Waals surface area contributed by atoms with E-state index in [4.69, 9.17) is 23.2 Å². The molecule has 0 aliphatic heterocycles. The zero-order chi connectivity index (χ0) is 16.5. The zero-order valence-electron chi connectivity index (χ0n) is 12.4. The number of benzene rings is 1. The van der Waals surface area contributed by atoms with Crippen molar-refractivity contribution in [1.82, 2.24) is 10.6 Å². The van der Waals surface area contributed by atoms with Gasteiger partial charge < -0.3 is 15.7 Å². The summed E-state index contributed by atoms with van der Waals surface area (Å²) in [5.41, 5.74) is 0.493. The van der Waals surface area contributed by atoms with Crippen molar-refractivity contribution in [3.05, 3.63) is 33.8 Å². The van der Waals surface area contributed by atoms with Gasteiger partial charge in [0.2, 0.25) is 11.8 Å². The lowest BCUT2D eigenvalue weighted by Crippen LogP contribution is -2.30. The summed E-state index contributed by atoms with van der Waals surface area (Å²) < 4.78 is 0. The van der Waals surface area contributed by atoms with Gasteiger partial charge >= 0.3 is 0 Å². The molecule has 0 radical (unpaired) electrons. The first kappa shape index (κ1) is 18.7. The minimum atomic E-state index is -0.928. The number of hydrogen-bond acceptors (Lipinski definition) is 3. The van der Waals surface area contributed by atoms with Crippen LogP contribution in [0, 0.1) is 0 Å². The van der Waals surface area contributed by atoms with Gasteiger partial charge in [-0.1, -0.05) is 36.2 Å². The van der Waals surface area contributed by atoms with E-state index in [9.17, 15) is 14.7 Å². The molecule has 1 rings (SSSR count). The van der Waals surface area contributed by atoms with Crippen LogP contribution in [0.1, 0.15) is 37.9 Å². The fourth-order valence-corrected chi connectivity index (χ4v) is 2.29. The second-order valence-electron chi connectivity index (χ2n) is 4.84. The van der Waals surface area contributed by atoms with Crippen LogP contribution in [0.25, 0.3) is 0 Å². The third-order valence-corrected chi connectivity index (χ3v) is 3.53. The van der Waals surface area contributed by atoms with Crippen molar-refractivity contribution in [2.75, 3.05) is 13.1 Å². The molecule has 0 aliphatic rings. The Labute approximate surface area is 140 Å². The van der Waals surface area contributed by atoms with Crippen LogP contribution in [0.2, 0.25) is 10.0 Å². The van der Waals surface area contributed by atoms with E-state index in [0.29, 0.717) is 22.2 Å². The second kappa shape index (κ2) is 9.66. The van der Waals surface area contributed by atoms with Crippen LogP contribution in [0.5, 0.6) is 0 Å². The van der Waals surface area contributed by atoms with Crippen LogP contribution in [0.4, 0.5) is 0 Å². The van der Waals surface area contributed by atoms with Gasteiger partial charge in [-0.25, -0.2) is 0 Å². The quantitative estimate of drug-likeness (QED) is 0.676. The van der Waals surface area contributed by atoms with Crippen molar-refractivity contribution in [1.29, 1.82) is 0 Å². The average Bonchev–Trinajstić information content (AvgIpc) is 2.48. The minimum absolute atomic E-state index is 0.0246. The summed E-state index contributed by atoms with van der Waals surface area (Å²) in [4.78, 5) is 23.0. The molecule has 1 aromatic carbocycles. The Bertz CT molecular complexity index is 524. The number of carbonyl (C=O) groups excluding carboxylic acids is 2. The summed E-state index contributed by atoms with van der Waals surface area (Å²) in [7, 11) is 0. The maximum Gasteiger partial charge on any atom is 0.220 e. The van der Waals surface area contributed by atoms with Crippen LogP contribution < -0.4 is 10.6 Å². The van der Waals surface area contributed by atoms with E-state index in [1.54, 1.807) is 12.1 Å². The monoisotopic (exact) mass is 346 g/mol. The Morgan fingerprint density at radius 2 is 1.82 bits per heavy atom. The molecule has 1 atom stereocenters. The first-order valence-electron chi connectivity index (χ1n) is 7.10. The molecule has 0 saturated heterocycles. The molecule has 0 bridgehead atoms. The molecule has 0 spiro atoms. The zero-order valence-corrected chi connectivity index (χ0v) is 13.9. The molecule has 0 aliphatic carbocycles. The fourth-order valence-electron chi connectivity index (χ4n) is 1.76. The Morgan fingerprint density at radius 1 is 1.18 bits per heavy atom. The van der Waals surface area contributed by atoms with Gasteiger partial charge in [-0.2, -0.15) is 0 Å². The molecule has 22 heavy (non-hydrogen) atoms. The van der Waals surface area contributed by atoms with Crippen molar-refractivity contribution in [2.45, 2.75) is 32.3 Å². The van der Waals surface area contributed by atoms with E-state index in [-0.39, 0.29) is 31.2 Å². The number of aliphatic hydroxyl groups excluding tert-OH is 1. The van der Waals surface area contributed by atoms with E-state index in [2.05, 4.69) is 10.6 Å². The number of hydrogen-bond donors (Lipinski definition) is 3. The van der Waals surface area contributed by atoms with Gasteiger partial charge in [0, 0.05) is 41.5 Å². The van der Waals surface area contributed by atoms with Crippen LogP contribution in [-0.2, 0) is 9.59 Å². The van der Waals surface area contributed by atoms with Gasteiger partial charge in [-0.05, 0) is 18.6 Å². The number of carbonyl (C=O) groups is 2. The van der Waals surface area contributed by atoms with Crippen molar-refractivity contribution >= 4 is 35.0 Å². The average molecular weight is 347 g/mol. The van der Waals surface area contributed by atoms with Crippen LogP contribution in [0.15, 0.2) is 18.2 Å². The standard InChI is InChI=1S/C15H20Cl2N2O3/c1-2-7-18-14(21)5-6-15(22)19-9-13(20)11-4-3-10(16)8-12(11)17/h3-4,8,13,20H,2,5-7,9H2,1H3,(H,18,21)(H,19,22). The molecule has 0 heterocycles. The largest absolute Gasteiger partial charge is 0.387 e. The molecule has 2 amide bonds. The van der Waals surface area contributed by atoms with Crippen molar-refractivity contribution in [3.63, 3.8) is 0 Å². The fraction of sp³-hybridized carbons (Fsp3) is 0.467. The highest BCUT2D eigenvalue weighted by atomic mass is 35.5. The normalized spacial score (nSPS) is 11.8. The number of halogens is 2. The third kappa shape index (κ3) is 6.64. The van der Waals surface area contributed by atoms with Gasteiger partial charge in [-0.15, -0.1) is 0 Å². The van der Waals surface area contributed by atoms with Crippen LogP contribution in [0.3, 0.4) is 0 Å². The lowest BCUT2D eigenvalue weighted by Gasteiger charge is -2.14. The van der Waals surface area contributed by atoms with E-state index in [0.717, 1.165) is 6.42 Å². The molecule has 7 heteroatoms. The summed E-state index contributed by atoms with van der Waals surface area (Å²) in [5, 5.41) is 16.1. The highest BCUT2D eigenvalue weighted by Crippen LogP contribution is 2.25. The Balaban J connectivity index is 2.35. The predicted molar refractivity (Wildman–Crippen MR) is 87.0 cm³/mol. The molecule has 0 aromatic heterocycles. The molecule has 3 N–H and O–H groups in total. The van der Waals surface area contributed by atoms with Crippen LogP contribution in [-0.4, -0.2) is 30.0 Å². The predicted octanol–water partition coefficient (Wildman–Crippen LogP) is 2.45. The highest BCUT2D eigenvalue weighted by Gasteiger charge is 2.13. The maximum atomic E-state index is 11.6. The molecule has 1 aromatic rings. The molecular weight excluding hydrogens is 327 g/mol. The van der Waals surface area contributed by atoms with Gasteiger partial charge in [0.1, 0.15) is 0 Å². The van der Waals surface area contributed by atoms with E-state index in [1.807, 2.05) is 6.92 Å². The third-order valence-electron chi connectivity index (χ3n) is 2.97. The topological polar surface area (TPSA) is 78.4 Å². The van der Waals surface area contributed by atoms with Gasteiger partial charge in [0.15, 0.2) is 0 Å². The Morgan fingerprint density at radius 3 is 2.41 bits per heavy atom. The van der Waals surface area contributed by atoms with Crippen molar-refractivity contribution < 1.29 is 14.7 Å². The first-order chi connectivity index (χ1) is 10.4. The van der Waals surface area contributed by atoms with E-state index < -0.39 is 6.10 Å². The van der Waals surface area contributed by atoms with Crippen molar-refractivity contribution in [3.8, 4) is 0 Å². The molecule has 0 saturated carbocycles. The summed E-state index contributed by atoms with van der Waals surface area (Å²) in [5.74, 6) is -0.450. The molecule has 122 valence electrons. The van der Waals surface area contributed by atoms with E-state index in [1.165, 1.54) is 6.07 Å². The molecule has 5 nitrogen and oxygen atoms in total. The summed E-state index contributed by atoms with van der Waals surface area (Å²) >= 11 is 11.8. The number of aliphatic hydroxyl groups is 1. The smallest absolute Gasteiger partial charge is 0.220 e.